The fourth-order valence-corrected chi connectivity index (χ4v) is 1.90. The lowest BCUT2D eigenvalue weighted by Crippen LogP contribution is -2.22. The fraction of sp³-hybridized carbons (Fsp3) is 0.364. The Kier molecular flexibility index (Phi) is 5.13. The summed E-state index contributed by atoms with van der Waals surface area (Å²) >= 11 is 1.75. The van der Waals surface area contributed by atoms with Gasteiger partial charge in [0, 0.05) is 18.0 Å². The minimum Gasteiger partial charge on any atom is -0.305 e. The predicted octanol–water partition coefficient (Wildman–Crippen LogP) is 1.79. The number of nitrogens with one attached hydrogen (secondary N) is 1. The van der Waals surface area contributed by atoms with Crippen molar-refractivity contribution in [2.75, 3.05) is 13.1 Å². The van der Waals surface area contributed by atoms with Gasteiger partial charge in [-0.05, 0) is 12.1 Å². The highest BCUT2D eigenvalue weighted by Crippen LogP contribution is 2.19. The maximum absolute atomic E-state index is 5.14. The molecule has 1 aromatic heterocycles. The van der Waals surface area contributed by atoms with E-state index in [9.17, 15) is 0 Å². The zero-order valence-corrected chi connectivity index (χ0v) is 9.05. The Morgan fingerprint density at radius 1 is 1.64 bits per heavy atom. The molecule has 14 heavy (non-hydrogen) atoms. The quantitative estimate of drug-likeness (QED) is 0.451. The molecule has 2 nitrogen and oxygen atoms in total. The molecule has 0 spiro atoms. The van der Waals surface area contributed by atoms with Gasteiger partial charge in [-0.1, -0.05) is 18.9 Å². The summed E-state index contributed by atoms with van der Waals surface area (Å²) in [7, 11) is 0. The zero-order valence-electron chi connectivity index (χ0n) is 8.23. The molecule has 0 fully saturated rings. The largest absolute Gasteiger partial charge is 0.305 e. The molecule has 0 aliphatic carbocycles. The third kappa shape index (κ3) is 4.31. The highest BCUT2D eigenvalue weighted by atomic mass is 32.2. The van der Waals surface area contributed by atoms with E-state index in [1.54, 1.807) is 11.8 Å². The molecule has 0 saturated heterocycles. The van der Waals surface area contributed by atoms with E-state index in [-0.39, 0.29) is 0 Å². The Hall–Kier alpha value is -0.980. The van der Waals surface area contributed by atoms with Crippen molar-refractivity contribution in [3.05, 3.63) is 24.4 Å². The summed E-state index contributed by atoms with van der Waals surface area (Å²) in [6.07, 6.45) is 6.95. The van der Waals surface area contributed by atoms with E-state index < -0.39 is 0 Å². The van der Waals surface area contributed by atoms with Crippen LogP contribution in [0.3, 0.4) is 0 Å². The summed E-state index contributed by atoms with van der Waals surface area (Å²) in [5, 5.41) is 4.71. The van der Waals surface area contributed by atoms with Crippen LogP contribution in [0.2, 0.25) is 0 Å². The normalized spacial score (nSPS) is 12.0. The highest BCUT2D eigenvalue weighted by molar-refractivity contribution is 7.99. The van der Waals surface area contributed by atoms with Crippen LogP contribution in [-0.4, -0.2) is 23.3 Å². The summed E-state index contributed by atoms with van der Waals surface area (Å²) in [5.41, 5.74) is 0. The lowest BCUT2D eigenvalue weighted by molar-refractivity contribution is 0.747. The van der Waals surface area contributed by atoms with E-state index >= 15 is 0 Å². The molecule has 1 rings (SSSR count). The molecular weight excluding hydrogens is 192 g/mol. The Morgan fingerprint density at radius 2 is 2.50 bits per heavy atom. The van der Waals surface area contributed by atoms with Gasteiger partial charge in [-0.2, -0.15) is 0 Å². The molecule has 0 aromatic carbocycles. The molecule has 0 radical (unpaired) electrons. The van der Waals surface area contributed by atoms with Gasteiger partial charge in [0.15, 0.2) is 0 Å². The van der Waals surface area contributed by atoms with E-state index in [1.807, 2.05) is 24.4 Å². The molecule has 0 bridgehead atoms. The summed E-state index contributed by atoms with van der Waals surface area (Å²) in [4.78, 5) is 4.24. The van der Waals surface area contributed by atoms with Gasteiger partial charge in [-0.3, -0.25) is 0 Å². The average molecular weight is 206 g/mol. The summed E-state index contributed by atoms with van der Waals surface area (Å²) in [5.74, 6) is 2.55. The molecule has 0 aliphatic rings. The predicted molar refractivity (Wildman–Crippen MR) is 61.3 cm³/mol. The second-order valence-corrected chi connectivity index (χ2v) is 4.39. The van der Waals surface area contributed by atoms with Gasteiger partial charge < -0.3 is 5.32 Å². The van der Waals surface area contributed by atoms with Gasteiger partial charge in [-0.25, -0.2) is 4.98 Å². The first-order valence-corrected chi connectivity index (χ1v) is 5.42. The van der Waals surface area contributed by atoms with Gasteiger partial charge in [0.25, 0.3) is 0 Å². The molecule has 1 aromatic rings. The van der Waals surface area contributed by atoms with Crippen molar-refractivity contribution in [3.63, 3.8) is 0 Å². The Morgan fingerprint density at radius 3 is 3.14 bits per heavy atom. The molecule has 0 saturated carbocycles. The second-order valence-electron chi connectivity index (χ2n) is 2.93. The number of thioether (sulfide) groups is 1. The molecule has 0 amide bonds. The van der Waals surface area contributed by atoms with Crippen molar-refractivity contribution >= 4 is 11.8 Å². The van der Waals surface area contributed by atoms with E-state index in [1.165, 1.54) is 0 Å². The van der Waals surface area contributed by atoms with Crippen LogP contribution in [0.1, 0.15) is 6.92 Å². The monoisotopic (exact) mass is 206 g/mol. The third-order valence-corrected chi connectivity index (χ3v) is 2.67. The number of rotatable bonds is 5. The van der Waals surface area contributed by atoms with Crippen molar-refractivity contribution in [1.29, 1.82) is 0 Å². The van der Waals surface area contributed by atoms with Gasteiger partial charge in [0.05, 0.1) is 11.6 Å². The number of nitrogens with zero attached hydrogens (tertiary/aromatic N) is 1. The van der Waals surface area contributed by atoms with Crippen LogP contribution in [-0.2, 0) is 0 Å². The highest BCUT2D eigenvalue weighted by Gasteiger charge is 2.03. The van der Waals surface area contributed by atoms with Crippen LogP contribution >= 0.6 is 11.8 Å². The van der Waals surface area contributed by atoms with E-state index in [0.717, 1.165) is 11.6 Å². The first-order valence-electron chi connectivity index (χ1n) is 4.55. The number of aromatic nitrogens is 1. The summed E-state index contributed by atoms with van der Waals surface area (Å²) in [6.45, 7) is 3.70. The van der Waals surface area contributed by atoms with Gasteiger partial charge in [-0.15, -0.1) is 18.2 Å². The van der Waals surface area contributed by atoms with Crippen molar-refractivity contribution in [1.82, 2.24) is 10.3 Å². The molecule has 74 valence electrons. The van der Waals surface area contributed by atoms with E-state index in [2.05, 4.69) is 23.1 Å². The van der Waals surface area contributed by atoms with Gasteiger partial charge in [0.2, 0.25) is 0 Å². The lowest BCUT2D eigenvalue weighted by atomic mass is 10.4. The van der Waals surface area contributed by atoms with E-state index in [0.29, 0.717) is 11.8 Å². The molecule has 1 N–H and O–H groups in total. The van der Waals surface area contributed by atoms with Gasteiger partial charge in [0.1, 0.15) is 0 Å². The number of pyridine rings is 1. The summed E-state index contributed by atoms with van der Waals surface area (Å²) < 4.78 is 0. The van der Waals surface area contributed by atoms with Crippen LogP contribution in [0.5, 0.6) is 0 Å². The average Bonchev–Trinajstić information content (AvgIpc) is 2.20. The number of hydrogen-bond donors (Lipinski definition) is 1. The van der Waals surface area contributed by atoms with Crippen LogP contribution in [0.4, 0.5) is 0 Å². The number of hydrogen-bond acceptors (Lipinski definition) is 3. The first kappa shape index (κ1) is 11.1. The number of terminal acetylenes is 1. The SMILES string of the molecule is C#CCNCC(C)Sc1ccccn1. The Balaban J connectivity index is 2.28. The zero-order chi connectivity index (χ0) is 10.2. The van der Waals surface area contributed by atoms with Crippen LogP contribution < -0.4 is 5.32 Å². The molecule has 1 unspecified atom stereocenters. The topological polar surface area (TPSA) is 24.9 Å². The molecule has 1 atom stereocenters. The smallest absolute Gasteiger partial charge is 0.0962 e. The van der Waals surface area contributed by atoms with Crippen molar-refractivity contribution in [2.24, 2.45) is 0 Å². The minimum absolute atomic E-state index is 0.484. The van der Waals surface area contributed by atoms with Gasteiger partial charge >= 0.3 is 0 Å². The van der Waals surface area contributed by atoms with Crippen molar-refractivity contribution < 1.29 is 0 Å². The fourth-order valence-electron chi connectivity index (χ4n) is 1.01. The molecule has 1 heterocycles. The summed E-state index contributed by atoms with van der Waals surface area (Å²) in [6, 6.07) is 5.94. The third-order valence-electron chi connectivity index (χ3n) is 1.62. The standard InChI is InChI=1S/C11H14N2S/c1-3-7-12-9-10(2)14-11-6-4-5-8-13-11/h1,4-6,8,10,12H,7,9H2,2H3. The maximum Gasteiger partial charge on any atom is 0.0962 e. The van der Waals surface area contributed by atoms with Crippen molar-refractivity contribution in [2.45, 2.75) is 17.2 Å². The second kappa shape index (κ2) is 6.47. The van der Waals surface area contributed by atoms with Crippen LogP contribution in [0.25, 0.3) is 0 Å². The Labute approximate surface area is 89.5 Å². The van der Waals surface area contributed by atoms with Crippen LogP contribution in [0.15, 0.2) is 29.4 Å². The minimum atomic E-state index is 0.484. The maximum atomic E-state index is 5.14. The van der Waals surface area contributed by atoms with Crippen LogP contribution in [0, 0.1) is 12.3 Å². The molecule has 0 aliphatic heterocycles. The molecular formula is C11H14N2S. The molecule has 3 heteroatoms. The Bertz CT molecular complexity index is 292. The lowest BCUT2D eigenvalue weighted by Gasteiger charge is -2.09. The van der Waals surface area contributed by atoms with E-state index in [4.69, 9.17) is 6.42 Å². The van der Waals surface area contributed by atoms with Crippen molar-refractivity contribution in [3.8, 4) is 12.3 Å². The first-order chi connectivity index (χ1) is 6.83.